The molecule has 4 N–H and O–H groups in total. The maximum Gasteiger partial charge on any atom is 0.251 e. The molecule has 7 heteroatoms. The number of aryl methyl sites for hydroxylation is 1. The van der Waals surface area contributed by atoms with Crippen LogP contribution in [-0.2, 0) is 16.1 Å². The zero-order valence-corrected chi connectivity index (χ0v) is 20.3. The minimum absolute atomic E-state index is 0.124. The number of hydrogen-bond donors (Lipinski definition) is 3. The van der Waals surface area contributed by atoms with Crippen molar-refractivity contribution in [2.45, 2.75) is 51.2 Å². The summed E-state index contributed by atoms with van der Waals surface area (Å²) in [6.07, 6.45) is 4.03. The molecule has 6 nitrogen and oxygen atoms in total. The van der Waals surface area contributed by atoms with Crippen molar-refractivity contribution in [1.29, 1.82) is 0 Å². The topological polar surface area (TPSA) is 87.5 Å². The molecule has 36 heavy (non-hydrogen) atoms. The highest BCUT2D eigenvalue weighted by Crippen LogP contribution is 2.40. The van der Waals surface area contributed by atoms with Crippen LogP contribution in [0.2, 0.25) is 0 Å². The van der Waals surface area contributed by atoms with Gasteiger partial charge in [-0.05, 0) is 80.1 Å². The van der Waals surface area contributed by atoms with Crippen molar-refractivity contribution in [1.82, 2.24) is 0 Å². The van der Waals surface area contributed by atoms with Gasteiger partial charge in [0.05, 0.1) is 0 Å². The highest BCUT2D eigenvalue weighted by Gasteiger charge is 2.41. The van der Waals surface area contributed by atoms with Crippen LogP contribution >= 0.6 is 0 Å². The van der Waals surface area contributed by atoms with Crippen LogP contribution in [0.4, 0.5) is 21.5 Å². The molecule has 1 atom stereocenters. The number of nitrogens with one attached hydrogen (secondary N) is 2. The van der Waals surface area contributed by atoms with E-state index < -0.39 is 17.8 Å². The number of piperidine rings is 2. The molecule has 3 aromatic carbocycles. The molecule has 2 saturated heterocycles. The van der Waals surface area contributed by atoms with Crippen LogP contribution in [0, 0.1) is 18.7 Å². The number of carbonyl (C=O) groups excluding carboxylic acids is 2. The summed E-state index contributed by atoms with van der Waals surface area (Å²) in [5.41, 5.74) is 9.99. The largest absolute Gasteiger partial charge is 0.370 e. The normalized spacial score (nSPS) is 19.8. The number of fused-ring (bicyclic) bond motifs is 3. The van der Waals surface area contributed by atoms with Gasteiger partial charge in [-0.25, -0.2) is 4.39 Å². The molecule has 6 rings (SSSR count). The van der Waals surface area contributed by atoms with E-state index >= 15 is 0 Å². The number of halogens is 1. The minimum Gasteiger partial charge on any atom is -0.370 e. The average molecular weight is 487 g/mol. The van der Waals surface area contributed by atoms with Crippen molar-refractivity contribution in [3.05, 3.63) is 89.2 Å². The van der Waals surface area contributed by atoms with Crippen molar-refractivity contribution >= 4 is 28.9 Å². The van der Waals surface area contributed by atoms with Gasteiger partial charge in [0.1, 0.15) is 11.9 Å². The smallest absolute Gasteiger partial charge is 0.251 e. The summed E-state index contributed by atoms with van der Waals surface area (Å²) in [7, 11) is 0. The van der Waals surface area contributed by atoms with Crippen LogP contribution in [0.3, 0.4) is 0 Å². The lowest BCUT2D eigenvalue weighted by molar-refractivity contribution is -0.127. The van der Waals surface area contributed by atoms with Gasteiger partial charge in [0.25, 0.3) is 5.91 Å². The van der Waals surface area contributed by atoms with Crippen LogP contribution in [0.5, 0.6) is 0 Å². The van der Waals surface area contributed by atoms with Crippen LogP contribution in [0.1, 0.15) is 48.4 Å². The fourth-order valence-corrected chi connectivity index (χ4v) is 5.44. The summed E-state index contributed by atoms with van der Waals surface area (Å²) in [6.45, 7) is 2.31. The van der Waals surface area contributed by atoms with Gasteiger partial charge in [0, 0.05) is 41.1 Å². The Hall–Kier alpha value is -3.71. The molecule has 3 aromatic rings. The van der Waals surface area contributed by atoms with E-state index in [2.05, 4.69) is 10.6 Å². The molecule has 3 fully saturated rings. The fraction of sp³-hybridized carbons (Fsp3) is 0.310. The predicted octanol–water partition coefficient (Wildman–Crippen LogP) is 5.29. The summed E-state index contributed by atoms with van der Waals surface area (Å²) in [4.78, 5) is 28.3. The van der Waals surface area contributed by atoms with Gasteiger partial charge in [0.15, 0.2) is 0 Å². The maximum atomic E-state index is 14.7. The quantitative estimate of drug-likeness (QED) is 0.424. The number of hydrogen-bond acceptors (Lipinski definition) is 4. The first-order chi connectivity index (χ1) is 17.4. The first kappa shape index (κ1) is 24.0. The summed E-state index contributed by atoms with van der Waals surface area (Å²) >= 11 is 0. The van der Waals surface area contributed by atoms with Crippen molar-refractivity contribution < 1.29 is 14.0 Å². The van der Waals surface area contributed by atoms with Gasteiger partial charge in [0.2, 0.25) is 5.91 Å². The first-order valence-corrected chi connectivity index (χ1v) is 12.5. The van der Waals surface area contributed by atoms with Crippen LogP contribution in [0.25, 0.3) is 0 Å². The Balaban J connectivity index is 1.39. The lowest BCUT2D eigenvalue weighted by Gasteiger charge is -2.45. The van der Waals surface area contributed by atoms with E-state index in [0.29, 0.717) is 17.9 Å². The van der Waals surface area contributed by atoms with Gasteiger partial charge < -0.3 is 21.3 Å². The third-order valence-corrected chi connectivity index (χ3v) is 7.32. The SMILES string of the molecule is Cc1cc(NC(=O)C(Nc2cccc(CN)c2)c2ccccc2F)ccc1N1C(=O)C2CCC1CC2. The fourth-order valence-electron chi connectivity index (χ4n) is 5.44. The van der Waals surface area contributed by atoms with E-state index in [-0.39, 0.29) is 23.4 Å². The Labute approximate surface area is 210 Å². The van der Waals surface area contributed by atoms with Crippen LogP contribution < -0.4 is 21.3 Å². The molecule has 2 amide bonds. The monoisotopic (exact) mass is 486 g/mol. The molecular weight excluding hydrogens is 455 g/mol. The van der Waals surface area contributed by atoms with Crippen molar-refractivity contribution in [3.8, 4) is 0 Å². The molecule has 2 aliphatic heterocycles. The Kier molecular flexibility index (Phi) is 6.74. The first-order valence-electron chi connectivity index (χ1n) is 12.5. The number of amides is 2. The third-order valence-electron chi connectivity index (χ3n) is 7.32. The van der Waals surface area contributed by atoms with E-state index in [0.717, 1.165) is 42.5 Å². The number of benzene rings is 3. The Bertz CT molecular complexity index is 1290. The molecule has 1 unspecified atom stereocenters. The Morgan fingerprint density at radius 3 is 2.50 bits per heavy atom. The van der Waals surface area contributed by atoms with Gasteiger partial charge in [-0.3, -0.25) is 9.59 Å². The number of nitrogens with two attached hydrogens (primary N) is 1. The number of rotatable bonds is 7. The van der Waals surface area contributed by atoms with E-state index in [9.17, 15) is 14.0 Å². The molecule has 186 valence electrons. The standard InChI is InChI=1S/C29H31FN4O2/c1-18-15-22(11-14-26(18)34-23-12-9-20(10-13-23)29(34)36)33-28(35)27(24-7-2-3-8-25(24)30)32-21-6-4-5-19(16-21)17-31/h2-8,11,14-16,20,23,27,32H,9-10,12-13,17,31H2,1H3,(H,33,35). The van der Waals surface area contributed by atoms with Crippen molar-refractivity contribution in [3.63, 3.8) is 0 Å². The van der Waals surface area contributed by atoms with Gasteiger partial charge in [-0.15, -0.1) is 0 Å². The number of anilines is 3. The summed E-state index contributed by atoms with van der Waals surface area (Å²) < 4.78 is 14.7. The second kappa shape index (κ2) is 10.1. The maximum absolute atomic E-state index is 14.7. The molecule has 2 bridgehead atoms. The summed E-state index contributed by atoms with van der Waals surface area (Å²) in [6, 6.07) is 18.5. The van der Waals surface area contributed by atoms with Crippen LogP contribution in [-0.4, -0.2) is 17.9 Å². The van der Waals surface area contributed by atoms with Gasteiger partial charge >= 0.3 is 0 Å². The average Bonchev–Trinajstić information content (AvgIpc) is 2.89. The highest BCUT2D eigenvalue weighted by molar-refractivity contribution is 6.00. The molecule has 0 radical (unpaired) electrons. The lowest BCUT2D eigenvalue weighted by atomic mass is 9.79. The zero-order chi connectivity index (χ0) is 25.2. The predicted molar refractivity (Wildman–Crippen MR) is 140 cm³/mol. The molecule has 1 saturated carbocycles. The zero-order valence-electron chi connectivity index (χ0n) is 20.3. The van der Waals surface area contributed by atoms with E-state index in [1.54, 1.807) is 18.2 Å². The van der Waals surface area contributed by atoms with Crippen molar-refractivity contribution in [2.24, 2.45) is 11.7 Å². The lowest BCUT2D eigenvalue weighted by Crippen LogP contribution is -2.52. The molecule has 1 aliphatic carbocycles. The number of carbonyl (C=O) groups is 2. The molecular formula is C29H31FN4O2. The second-order valence-corrected chi connectivity index (χ2v) is 9.71. The molecule has 0 spiro atoms. The molecule has 3 aliphatic rings. The van der Waals surface area contributed by atoms with Crippen molar-refractivity contribution in [2.75, 3.05) is 15.5 Å². The van der Waals surface area contributed by atoms with E-state index in [4.69, 9.17) is 5.73 Å². The van der Waals surface area contributed by atoms with E-state index in [1.807, 2.05) is 54.3 Å². The third kappa shape index (κ3) is 4.71. The Morgan fingerprint density at radius 1 is 1.03 bits per heavy atom. The molecule has 2 heterocycles. The second-order valence-electron chi connectivity index (χ2n) is 9.71. The summed E-state index contributed by atoms with van der Waals surface area (Å²) in [5, 5.41) is 6.11. The van der Waals surface area contributed by atoms with Gasteiger partial charge in [-0.2, -0.15) is 0 Å². The summed E-state index contributed by atoms with van der Waals surface area (Å²) in [5.74, 6) is -0.524. The van der Waals surface area contributed by atoms with E-state index in [1.165, 1.54) is 6.07 Å². The highest BCUT2D eigenvalue weighted by atomic mass is 19.1. The molecule has 0 aromatic heterocycles. The van der Waals surface area contributed by atoms with Gasteiger partial charge in [-0.1, -0.05) is 30.3 Å². The Morgan fingerprint density at radius 2 is 1.81 bits per heavy atom. The van der Waals surface area contributed by atoms with Crippen LogP contribution in [0.15, 0.2) is 66.7 Å². The minimum atomic E-state index is -0.960. The number of nitrogens with zero attached hydrogens (tertiary/aromatic N) is 1.